The van der Waals surface area contributed by atoms with Crippen molar-refractivity contribution in [1.29, 1.82) is 0 Å². The second-order valence-electron chi connectivity index (χ2n) is 6.31. The van der Waals surface area contributed by atoms with Crippen LogP contribution in [0.15, 0.2) is 35.5 Å². The minimum Gasteiger partial charge on any atom is -0.391 e. The normalized spacial score (nSPS) is 19.0. The molecule has 0 saturated carbocycles. The molecule has 0 fully saturated rings. The van der Waals surface area contributed by atoms with Gasteiger partial charge in [-0.05, 0) is 31.2 Å². The van der Waals surface area contributed by atoms with Gasteiger partial charge in [0.2, 0.25) is 5.88 Å². The molecule has 7 nitrogen and oxygen atoms in total. The fourth-order valence-electron chi connectivity index (χ4n) is 2.80. The monoisotopic (exact) mass is 428 g/mol. The SMILES string of the molecule is Cc1cc(Cl)cnc1OC(=O)Nc1ccc(F)c([C@]2(C(F)F)COCC(N)=N2)c1. The van der Waals surface area contributed by atoms with Crippen LogP contribution in [-0.2, 0) is 10.3 Å². The average molecular weight is 429 g/mol. The van der Waals surface area contributed by atoms with E-state index >= 15 is 0 Å². The van der Waals surface area contributed by atoms with Crippen LogP contribution in [0.1, 0.15) is 11.1 Å². The highest BCUT2D eigenvalue weighted by atomic mass is 35.5. The summed E-state index contributed by atoms with van der Waals surface area (Å²) in [5, 5.41) is 2.71. The molecule has 0 radical (unpaired) electrons. The quantitative estimate of drug-likeness (QED) is 0.774. The lowest BCUT2D eigenvalue weighted by Gasteiger charge is -2.33. The van der Waals surface area contributed by atoms with Gasteiger partial charge in [0.05, 0.1) is 11.6 Å². The van der Waals surface area contributed by atoms with Crippen LogP contribution in [0.3, 0.4) is 0 Å². The minimum absolute atomic E-state index is 0.0105. The van der Waals surface area contributed by atoms with Crippen molar-refractivity contribution in [3.8, 4) is 5.88 Å². The molecule has 0 saturated heterocycles. The van der Waals surface area contributed by atoms with E-state index in [4.69, 9.17) is 26.8 Å². The molecule has 29 heavy (non-hydrogen) atoms. The van der Waals surface area contributed by atoms with Crippen LogP contribution in [-0.4, -0.2) is 36.6 Å². The van der Waals surface area contributed by atoms with Crippen LogP contribution in [0, 0.1) is 12.7 Å². The molecule has 11 heteroatoms. The Morgan fingerprint density at radius 1 is 1.41 bits per heavy atom. The van der Waals surface area contributed by atoms with E-state index in [1.807, 2.05) is 0 Å². The minimum atomic E-state index is -3.10. The summed E-state index contributed by atoms with van der Waals surface area (Å²) in [6.45, 7) is 0.938. The molecular formula is C18H16ClF3N4O3. The lowest BCUT2D eigenvalue weighted by Crippen LogP contribution is -2.45. The van der Waals surface area contributed by atoms with Gasteiger partial charge in [-0.1, -0.05) is 11.6 Å². The van der Waals surface area contributed by atoms with Gasteiger partial charge in [0, 0.05) is 23.0 Å². The number of amidine groups is 1. The van der Waals surface area contributed by atoms with Crippen molar-refractivity contribution in [3.05, 3.63) is 52.4 Å². The Morgan fingerprint density at radius 2 is 2.17 bits per heavy atom. The summed E-state index contributed by atoms with van der Waals surface area (Å²) in [6, 6.07) is 4.71. The second kappa shape index (κ2) is 8.26. The lowest BCUT2D eigenvalue weighted by molar-refractivity contribution is -0.0145. The van der Waals surface area contributed by atoms with Crippen LogP contribution < -0.4 is 15.8 Å². The number of amides is 1. The summed E-state index contributed by atoms with van der Waals surface area (Å²) in [6.07, 6.45) is -2.75. The highest BCUT2D eigenvalue weighted by molar-refractivity contribution is 6.30. The molecule has 3 rings (SSSR count). The van der Waals surface area contributed by atoms with Gasteiger partial charge in [0.25, 0.3) is 6.43 Å². The number of nitrogens with zero attached hydrogens (tertiary/aromatic N) is 2. The topological polar surface area (TPSA) is 98.8 Å². The average Bonchev–Trinajstić information content (AvgIpc) is 2.65. The van der Waals surface area contributed by atoms with Crippen molar-refractivity contribution >= 4 is 29.2 Å². The Kier molecular flexibility index (Phi) is 5.94. The number of carbonyl (C=O) groups excluding carboxylic acids is 1. The van der Waals surface area contributed by atoms with Crippen molar-refractivity contribution in [1.82, 2.24) is 4.98 Å². The number of benzene rings is 1. The Morgan fingerprint density at radius 3 is 2.83 bits per heavy atom. The number of nitrogens with one attached hydrogen (secondary N) is 1. The third-order valence-electron chi connectivity index (χ3n) is 4.14. The summed E-state index contributed by atoms with van der Waals surface area (Å²) >= 11 is 5.79. The van der Waals surface area contributed by atoms with Crippen LogP contribution in [0.5, 0.6) is 5.88 Å². The maximum atomic E-state index is 14.4. The first-order chi connectivity index (χ1) is 13.7. The molecule has 1 aromatic heterocycles. The third-order valence-corrected chi connectivity index (χ3v) is 4.35. The molecule has 0 unspecified atom stereocenters. The highest BCUT2D eigenvalue weighted by Crippen LogP contribution is 2.38. The summed E-state index contributed by atoms with van der Waals surface area (Å²) in [5.74, 6) is -1.11. The molecular weight excluding hydrogens is 413 g/mol. The number of hydrogen-bond donors (Lipinski definition) is 2. The lowest BCUT2D eigenvalue weighted by atomic mass is 9.90. The number of aryl methyl sites for hydroxylation is 1. The van der Waals surface area contributed by atoms with Crippen molar-refractivity contribution < 1.29 is 27.4 Å². The molecule has 1 atom stereocenters. The molecule has 0 spiro atoms. The maximum Gasteiger partial charge on any atom is 0.418 e. The molecule has 154 valence electrons. The van der Waals surface area contributed by atoms with Crippen LogP contribution in [0.2, 0.25) is 5.02 Å². The Hall–Kier alpha value is -2.85. The number of aromatic nitrogens is 1. The molecule has 3 N–H and O–H groups in total. The van der Waals surface area contributed by atoms with Crippen molar-refractivity contribution in [2.75, 3.05) is 18.5 Å². The number of rotatable bonds is 4. The third kappa shape index (κ3) is 4.43. The zero-order chi connectivity index (χ0) is 21.2. The molecule has 0 bridgehead atoms. The van der Waals surface area contributed by atoms with Crippen LogP contribution in [0.25, 0.3) is 0 Å². The van der Waals surface area contributed by atoms with Crippen molar-refractivity contribution in [2.24, 2.45) is 10.7 Å². The predicted molar refractivity (Wildman–Crippen MR) is 100 cm³/mol. The number of anilines is 1. The molecule has 2 heterocycles. The molecule has 1 aromatic carbocycles. The van der Waals surface area contributed by atoms with Gasteiger partial charge in [0.1, 0.15) is 18.3 Å². The smallest absolute Gasteiger partial charge is 0.391 e. The van der Waals surface area contributed by atoms with Gasteiger partial charge in [-0.15, -0.1) is 0 Å². The van der Waals surface area contributed by atoms with Crippen LogP contribution in [0.4, 0.5) is 23.7 Å². The van der Waals surface area contributed by atoms with E-state index in [0.29, 0.717) is 10.6 Å². The fourth-order valence-corrected chi connectivity index (χ4v) is 3.01. The van der Waals surface area contributed by atoms with E-state index in [2.05, 4.69) is 15.3 Å². The molecule has 1 aliphatic rings. The second-order valence-corrected chi connectivity index (χ2v) is 6.74. The first kappa shape index (κ1) is 20.9. The Balaban J connectivity index is 1.87. The van der Waals surface area contributed by atoms with Crippen LogP contribution >= 0.6 is 11.6 Å². The van der Waals surface area contributed by atoms with E-state index in [-0.39, 0.29) is 24.0 Å². The van der Waals surface area contributed by atoms with E-state index in [1.54, 1.807) is 13.0 Å². The first-order valence-corrected chi connectivity index (χ1v) is 8.70. The van der Waals surface area contributed by atoms with Gasteiger partial charge in [0.15, 0.2) is 5.54 Å². The van der Waals surface area contributed by atoms with Gasteiger partial charge in [-0.2, -0.15) is 0 Å². The first-order valence-electron chi connectivity index (χ1n) is 8.32. The van der Waals surface area contributed by atoms with Crippen molar-refractivity contribution in [3.63, 3.8) is 0 Å². The summed E-state index contributed by atoms with van der Waals surface area (Å²) < 4.78 is 52.2. The van der Waals surface area contributed by atoms with Gasteiger partial charge in [-0.25, -0.2) is 22.9 Å². The van der Waals surface area contributed by atoms with Gasteiger partial charge < -0.3 is 15.2 Å². The standard InChI is InChI=1S/C18H16ClF3N4O3/c1-9-4-10(19)6-24-15(9)29-17(27)25-11-2-3-13(20)12(5-11)18(16(21)22)8-28-7-14(23)26-18/h2-6,16H,7-8H2,1H3,(H2,23,26)(H,25,27)/t18-/m0/s1. The fraction of sp³-hybridized carbons (Fsp3) is 0.278. The number of nitrogens with two attached hydrogens (primary N) is 1. The van der Waals surface area contributed by atoms with Crippen molar-refractivity contribution in [2.45, 2.75) is 18.9 Å². The highest BCUT2D eigenvalue weighted by Gasteiger charge is 2.46. The maximum absolute atomic E-state index is 14.4. The number of aliphatic imine (C=N–C) groups is 1. The van der Waals surface area contributed by atoms with Gasteiger partial charge >= 0.3 is 6.09 Å². The Labute approximate surface area is 168 Å². The van der Waals surface area contributed by atoms with E-state index in [0.717, 1.165) is 12.1 Å². The van der Waals surface area contributed by atoms with E-state index in [1.165, 1.54) is 12.3 Å². The Bertz CT molecular complexity index is 973. The zero-order valence-electron chi connectivity index (χ0n) is 15.1. The molecule has 2 aromatic rings. The number of ether oxygens (including phenoxy) is 2. The molecule has 1 aliphatic heterocycles. The van der Waals surface area contributed by atoms with Gasteiger partial charge in [-0.3, -0.25) is 10.3 Å². The van der Waals surface area contributed by atoms with E-state index < -0.39 is 36.0 Å². The molecule has 0 aliphatic carbocycles. The summed E-state index contributed by atoms with van der Waals surface area (Å²) in [4.78, 5) is 19.8. The number of alkyl halides is 2. The number of halogens is 4. The largest absolute Gasteiger partial charge is 0.418 e. The number of carbonyl (C=O) groups is 1. The number of hydrogen-bond acceptors (Lipinski definition) is 6. The molecule has 1 amide bonds. The summed E-state index contributed by atoms with van der Waals surface area (Å²) in [5.41, 5.74) is 3.27. The predicted octanol–water partition coefficient (Wildman–Crippen LogP) is 3.64. The zero-order valence-corrected chi connectivity index (χ0v) is 15.8. The number of pyridine rings is 1. The summed E-state index contributed by atoms with van der Waals surface area (Å²) in [7, 11) is 0. The van der Waals surface area contributed by atoms with E-state index in [9.17, 15) is 18.0 Å².